The van der Waals surface area contributed by atoms with Crippen molar-refractivity contribution in [2.45, 2.75) is 66.6 Å². The first-order valence-electron chi connectivity index (χ1n) is 16.0. The molecule has 2 atom stereocenters. The van der Waals surface area contributed by atoms with Gasteiger partial charge in [-0.15, -0.1) is 0 Å². The number of aryl methyl sites for hydroxylation is 4. The summed E-state index contributed by atoms with van der Waals surface area (Å²) in [6, 6.07) is 28.2. The van der Waals surface area contributed by atoms with Crippen molar-refractivity contribution in [3.63, 3.8) is 0 Å². The third-order valence-corrected chi connectivity index (χ3v) is 76.3. The molecule has 2 unspecified atom stereocenters. The van der Waals surface area contributed by atoms with Crippen molar-refractivity contribution in [1.29, 1.82) is 0 Å². The van der Waals surface area contributed by atoms with E-state index in [1.165, 1.54) is 64.0 Å². The maximum atomic E-state index is 2.84. The van der Waals surface area contributed by atoms with Crippen LogP contribution in [-0.2, 0) is 14.2 Å². The Balaban J connectivity index is 1.58. The summed E-state index contributed by atoms with van der Waals surface area (Å²) in [5, 5.41) is 0. The van der Waals surface area contributed by atoms with Crippen LogP contribution in [0.5, 0.6) is 0 Å². The topological polar surface area (TPSA) is 0 Å². The molecule has 4 aromatic carbocycles. The number of rotatable bonds is 6. The van der Waals surface area contributed by atoms with Crippen LogP contribution < -0.4 is 0 Å². The van der Waals surface area contributed by atoms with Crippen LogP contribution in [0.2, 0.25) is 17.7 Å². The van der Waals surface area contributed by atoms with Crippen molar-refractivity contribution < 1.29 is 14.2 Å². The van der Waals surface area contributed by atoms with Crippen molar-refractivity contribution in [2.24, 2.45) is 0 Å². The zero-order chi connectivity index (χ0) is 30.2. The first kappa shape index (κ1) is 29.5. The zero-order valence-electron chi connectivity index (χ0n) is 27.0. The summed E-state index contributed by atoms with van der Waals surface area (Å²) < 4.78 is 9.03. The molecule has 0 nitrogen and oxygen atoms in total. The van der Waals surface area contributed by atoms with Crippen LogP contribution in [-0.4, -0.2) is 6.94 Å². The second kappa shape index (κ2) is 8.76. The van der Waals surface area contributed by atoms with Gasteiger partial charge in [0.2, 0.25) is 0 Å². The summed E-state index contributed by atoms with van der Waals surface area (Å²) in [7, 11) is 0. The van der Waals surface area contributed by atoms with Gasteiger partial charge in [0.1, 0.15) is 0 Å². The predicted molar refractivity (Wildman–Crippen MR) is 187 cm³/mol. The second-order valence-corrected chi connectivity index (χ2v) is 95.2. The standard InChI is InChI=1S/2C17H15.2C2H5.2CH3.Hf.H2Si/c2*1-12-9-13(2)11-15(10-12)17-8-4-6-14-5-3-7-16(14)17;2*1-2;;;;/h2*3-11H,1-2H3;2*1H2,2H3;2*1H3;;1H2. The molecule has 0 amide bonds. The molecule has 0 radical (unpaired) electrons. The second-order valence-electron chi connectivity index (χ2n) is 16.7. The Morgan fingerprint density at radius 3 is 1.26 bits per heavy atom. The molecule has 0 bridgehead atoms. The molecule has 2 aliphatic carbocycles. The van der Waals surface area contributed by atoms with E-state index in [0.29, 0.717) is 7.35 Å². The summed E-state index contributed by atoms with van der Waals surface area (Å²) in [6.45, 7) is 16.4. The first-order chi connectivity index (χ1) is 19.7. The Morgan fingerprint density at radius 2 is 0.929 bits per heavy atom. The van der Waals surface area contributed by atoms with Crippen molar-refractivity contribution >= 4 is 19.1 Å². The van der Waals surface area contributed by atoms with Crippen LogP contribution in [0.3, 0.4) is 0 Å². The van der Waals surface area contributed by atoms with E-state index in [1.807, 2.05) is 0 Å². The van der Waals surface area contributed by atoms with E-state index in [2.05, 4.69) is 155 Å². The molecular formula is C40H48HfSi. The monoisotopic (exact) mass is 736 g/mol. The summed E-state index contributed by atoms with van der Waals surface area (Å²) >= 11 is -4.89. The van der Waals surface area contributed by atoms with Crippen molar-refractivity contribution in [3.05, 3.63) is 129 Å². The van der Waals surface area contributed by atoms with Gasteiger partial charge in [-0.05, 0) is 0 Å². The molecule has 0 saturated heterocycles. The van der Waals surface area contributed by atoms with E-state index < -0.39 is 14.2 Å². The molecule has 0 spiro atoms. The van der Waals surface area contributed by atoms with Crippen LogP contribution >= 0.6 is 0 Å². The molecule has 0 N–H and O–H groups in total. The van der Waals surface area contributed by atoms with Gasteiger partial charge < -0.3 is 0 Å². The average molecular weight is 735 g/mol. The number of fused-ring (bicyclic) bond motifs is 2. The van der Waals surface area contributed by atoms with E-state index >= 15 is 0 Å². The maximum absolute atomic E-state index is 4.89. The van der Waals surface area contributed by atoms with E-state index in [0.717, 1.165) is 0 Å². The van der Waals surface area contributed by atoms with E-state index in [1.54, 1.807) is 11.1 Å². The summed E-state index contributed by atoms with van der Waals surface area (Å²) in [4.78, 5) is 0. The van der Waals surface area contributed by atoms with Gasteiger partial charge >= 0.3 is 252 Å². The molecular weight excluding hydrogens is 687 g/mol. The van der Waals surface area contributed by atoms with E-state index in [-0.39, 0.29) is 0 Å². The van der Waals surface area contributed by atoms with Gasteiger partial charge in [-0.25, -0.2) is 0 Å². The quantitative estimate of drug-likeness (QED) is 0.173. The molecule has 0 aliphatic heterocycles. The molecule has 6 rings (SSSR count). The molecule has 0 saturated carbocycles. The molecule has 0 fully saturated rings. The normalized spacial score (nSPS) is 20.0. The molecule has 0 heterocycles. The summed E-state index contributed by atoms with van der Waals surface area (Å²) in [5.41, 5.74) is 16.7. The SMILES string of the molecule is C[CH2][Hf]([CH3])([CH3])(=[SiH2])([CH2]C)([CH]1C=Cc2c(-c3cc(C)cc(C)c3)cccc21)[CH]1C=Cc2c(-c3cc(C)cc(C)c3)cccc21. The molecule has 42 heavy (non-hydrogen) atoms. The fraction of sp³-hybridized carbons (Fsp3) is 0.300. The van der Waals surface area contributed by atoms with Gasteiger partial charge in [-0.2, -0.15) is 0 Å². The zero-order valence-corrected chi connectivity index (χ0v) is 32.0. The molecule has 0 aromatic heterocycles. The van der Waals surface area contributed by atoms with Crippen LogP contribution in [0.25, 0.3) is 34.4 Å². The van der Waals surface area contributed by atoms with Gasteiger partial charge in [0, 0.05) is 0 Å². The Kier molecular flexibility index (Phi) is 6.16. The molecule has 4 aromatic rings. The van der Waals surface area contributed by atoms with Crippen LogP contribution in [0.1, 0.15) is 65.7 Å². The Bertz CT molecular complexity index is 1810. The van der Waals surface area contributed by atoms with Gasteiger partial charge in [-0.1, -0.05) is 0 Å². The van der Waals surface area contributed by atoms with Gasteiger partial charge in [0.05, 0.1) is 0 Å². The van der Waals surface area contributed by atoms with Gasteiger partial charge in [0.15, 0.2) is 0 Å². The Hall–Kier alpha value is -2.55. The Labute approximate surface area is 250 Å². The fourth-order valence-electron chi connectivity index (χ4n) is 9.13. The number of hydrogen-bond donors (Lipinski definition) is 0. The van der Waals surface area contributed by atoms with E-state index in [9.17, 15) is 0 Å². The van der Waals surface area contributed by atoms with Crippen LogP contribution in [0.4, 0.5) is 0 Å². The number of allylic oxidation sites excluding steroid dienone is 2. The third-order valence-electron chi connectivity index (χ3n) is 13.1. The third kappa shape index (κ3) is 4.01. The van der Waals surface area contributed by atoms with Crippen LogP contribution in [0, 0.1) is 27.7 Å². The summed E-state index contributed by atoms with van der Waals surface area (Å²) in [5.74, 6) is 0. The number of hydrogen-bond acceptors (Lipinski definition) is 0. The minimum absolute atomic E-state index is 0.439. The first-order valence-corrected chi connectivity index (χ1v) is 40.7. The molecule has 2 heteroatoms. The Morgan fingerprint density at radius 1 is 0.571 bits per heavy atom. The summed E-state index contributed by atoms with van der Waals surface area (Å²) in [6.07, 6.45) is 10.3. The predicted octanol–water partition coefficient (Wildman–Crippen LogP) is 11.4. The van der Waals surface area contributed by atoms with E-state index in [4.69, 9.17) is 0 Å². The van der Waals surface area contributed by atoms with Gasteiger partial charge in [-0.3, -0.25) is 0 Å². The van der Waals surface area contributed by atoms with Crippen molar-refractivity contribution in [3.8, 4) is 22.3 Å². The van der Waals surface area contributed by atoms with Gasteiger partial charge in [0.25, 0.3) is 0 Å². The minimum atomic E-state index is -4.89. The number of benzene rings is 4. The molecule has 216 valence electrons. The van der Waals surface area contributed by atoms with Crippen molar-refractivity contribution in [2.75, 3.05) is 0 Å². The molecule has 2 aliphatic rings. The van der Waals surface area contributed by atoms with Crippen LogP contribution in [0.15, 0.2) is 84.9 Å². The average Bonchev–Trinajstić information content (AvgIpc) is 3.59. The van der Waals surface area contributed by atoms with Crippen molar-refractivity contribution in [1.82, 2.24) is 0 Å². The fourth-order valence-corrected chi connectivity index (χ4v) is 44.0.